The second kappa shape index (κ2) is 4.66. The normalized spacial score (nSPS) is 10.1. The number of anilines is 1. The van der Waals surface area contributed by atoms with Crippen LogP contribution >= 0.6 is 0 Å². The Labute approximate surface area is 101 Å². The summed E-state index contributed by atoms with van der Waals surface area (Å²) in [6.07, 6.45) is 1.21. The van der Waals surface area contributed by atoms with Gasteiger partial charge in [-0.2, -0.15) is 5.10 Å². The van der Waals surface area contributed by atoms with Crippen molar-refractivity contribution in [1.82, 2.24) is 10.2 Å². The molecule has 0 radical (unpaired) electrons. The summed E-state index contributed by atoms with van der Waals surface area (Å²) in [5, 5.41) is 8.47. The molecule has 0 bridgehead atoms. The Morgan fingerprint density at radius 1 is 1.28 bits per heavy atom. The molecule has 2 aromatic rings. The fourth-order valence-electron chi connectivity index (χ4n) is 1.36. The number of nitrogens with zero attached hydrogens (tertiary/aromatic N) is 1. The molecular formula is C11H9FN4O2. The molecule has 1 aromatic heterocycles. The molecule has 0 atom stereocenters. The van der Waals surface area contributed by atoms with E-state index in [2.05, 4.69) is 15.5 Å². The molecule has 4 N–H and O–H groups in total. The van der Waals surface area contributed by atoms with Crippen molar-refractivity contribution in [3.05, 3.63) is 47.4 Å². The largest absolute Gasteiger partial charge is 0.365 e. The van der Waals surface area contributed by atoms with E-state index in [1.54, 1.807) is 0 Å². The molecule has 0 saturated carbocycles. The van der Waals surface area contributed by atoms with Crippen LogP contribution in [0.25, 0.3) is 0 Å². The van der Waals surface area contributed by atoms with Crippen LogP contribution in [0.1, 0.15) is 20.7 Å². The van der Waals surface area contributed by atoms with Crippen LogP contribution in [-0.4, -0.2) is 22.0 Å². The molecule has 0 saturated heterocycles. The standard InChI is InChI=1S/C11H9FN4O2/c12-7-3-1-6(2-4-7)11(18)15-10-8(9(13)17)5-14-16-10/h1-5H,(H2,13,17)(H2,14,15,16,18). The molecule has 0 fully saturated rings. The minimum Gasteiger partial charge on any atom is -0.365 e. The van der Waals surface area contributed by atoms with Crippen molar-refractivity contribution in [1.29, 1.82) is 0 Å². The highest BCUT2D eigenvalue weighted by Crippen LogP contribution is 2.12. The Morgan fingerprint density at radius 3 is 2.56 bits per heavy atom. The number of primary amides is 1. The first kappa shape index (κ1) is 11.8. The van der Waals surface area contributed by atoms with Crippen LogP contribution in [0.5, 0.6) is 0 Å². The fraction of sp³-hybridized carbons (Fsp3) is 0. The molecule has 2 rings (SSSR count). The molecule has 0 aliphatic rings. The first-order chi connectivity index (χ1) is 8.58. The van der Waals surface area contributed by atoms with Crippen molar-refractivity contribution < 1.29 is 14.0 Å². The van der Waals surface area contributed by atoms with Crippen LogP contribution in [0.2, 0.25) is 0 Å². The summed E-state index contributed by atoms with van der Waals surface area (Å²) in [5.41, 5.74) is 5.42. The van der Waals surface area contributed by atoms with Crippen molar-refractivity contribution in [2.24, 2.45) is 5.73 Å². The third-order valence-corrected chi connectivity index (χ3v) is 2.25. The van der Waals surface area contributed by atoms with E-state index in [-0.39, 0.29) is 16.9 Å². The van der Waals surface area contributed by atoms with Crippen LogP contribution in [0.15, 0.2) is 30.5 Å². The van der Waals surface area contributed by atoms with Gasteiger partial charge in [-0.25, -0.2) is 4.39 Å². The average Bonchev–Trinajstić information content (AvgIpc) is 2.78. The molecule has 18 heavy (non-hydrogen) atoms. The Morgan fingerprint density at radius 2 is 1.94 bits per heavy atom. The van der Waals surface area contributed by atoms with E-state index in [0.717, 1.165) is 12.1 Å². The highest BCUT2D eigenvalue weighted by molar-refractivity contribution is 6.07. The zero-order valence-electron chi connectivity index (χ0n) is 9.11. The Kier molecular flexibility index (Phi) is 3.05. The summed E-state index contributed by atoms with van der Waals surface area (Å²) < 4.78 is 12.7. The number of carbonyl (C=O) groups excluding carboxylic acids is 2. The molecule has 2 amide bonds. The van der Waals surface area contributed by atoms with Gasteiger partial charge in [0, 0.05) is 5.56 Å². The zero-order chi connectivity index (χ0) is 13.1. The van der Waals surface area contributed by atoms with Crippen molar-refractivity contribution in [3.8, 4) is 0 Å². The SMILES string of the molecule is NC(=O)c1cn[nH]c1NC(=O)c1ccc(F)cc1. The molecule has 7 heteroatoms. The number of aromatic amines is 1. The van der Waals surface area contributed by atoms with E-state index in [1.165, 1.54) is 18.3 Å². The van der Waals surface area contributed by atoms with Gasteiger partial charge in [-0.05, 0) is 24.3 Å². The maximum absolute atomic E-state index is 12.7. The maximum Gasteiger partial charge on any atom is 0.256 e. The first-order valence-corrected chi connectivity index (χ1v) is 4.98. The molecule has 92 valence electrons. The van der Waals surface area contributed by atoms with Gasteiger partial charge in [0.2, 0.25) is 0 Å². The third-order valence-electron chi connectivity index (χ3n) is 2.25. The number of benzene rings is 1. The summed E-state index contributed by atoms with van der Waals surface area (Å²) in [5.74, 6) is -1.54. The summed E-state index contributed by atoms with van der Waals surface area (Å²) in [6.45, 7) is 0. The van der Waals surface area contributed by atoms with Crippen LogP contribution in [-0.2, 0) is 0 Å². The summed E-state index contributed by atoms with van der Waals surface area (Å²) in [4.78, 5) is 22.8. The molecule has 0 aliphatic carbocycles. The van der Waals surface area contributed by atoms with Crippen LogP contribution in [0, 0.1) is 5.82 Å². The van der Waals surface area contributed by atoms with Gasteiger partial charge in [0.1, 0.15) is 17.2 Å². The summed E-state index contributed by atoms with van der Waals surface area (Å²) >= 11 is 0. The van der Waals surface area contributed by atoms with E-state index in [0.29, 0.717) is 0 Å². The number of nitrogens with two attached hydrogens (primary N) is 1. The van der Waals surface area contributed by atoms with E-state index >= 15 is 0 Å². The van der Waals surface area contributed by atoms with Crippen molar-refractivity contribution >= 4 is 17.6 Å². The number of hydrogen-bond acceptors (Lipinski definition) is 3. The molecular weight excluding hydrogens is 239 g/mol. The summed E-state index contributed by atoms with van der Waals surface area (Å²) in [6, 6.07) is 4.98. The van der Waals surface area contributed by atoms with Gasteiger partial charge < -0.3 is 11.1 Å². The number of halogens is 1. The second-order valence-electron chi connectivity index (χ2n) is 3.48. The monoisotopic (exact) mass is 248 g/mol. The van der Waals surface area contributed by atoms with Crippen molar-refractivity contribution in [2.75, 3.05) is 5.32 Å². The molecule has 0 aliphatic heterocycles. The summed E-state index contributed by atoms with van der Waals surface area (Å²) in [7, 11) is 0. The number of amides is 2. The van der Waals surface area contributed by atoms with Gasteiger partial charge >= 0.3 is 0 Å². The van der Waals surface area contributed by atoms with Crippen LogP contribution < -0.4 is 11.1 Å². The Bertz CT molecular complexity index is 591. The number of aromatic nitrogens is 2. The van der Waals surface area contributed by atoms with E-state index in [9.17, 15) is 14.0 Å². The number of rotatable bonds is 3. The maximum atomic E-state index is 12.7. The van der Waals surface area contributed by atoms with Gasteiger partial charge in [-0.15, -0.1) is 0 Å². The van der Waals surface area contributed by atoms with Gasteiger partial charge in [-0.3, -0.25) is 14.7 Å². The van der Waals surface area contributed by atoms with E-state index < -0.39 is 17.6 Å². The molecule has 1 heterocycles. The highest BCUT2D eigenvalue weighted by Gasteiger charge is 2.14. The minimum absolute atomic E-state index is 0.0745. The van der Waals surface area contributed by atoms with Crippen LogP contribution in [0.3, 0.4) is 0 Å². The predicted octanol–water partition coefficient (Wildman–Crippen LogP) is 0.900. The van der Waals surface area contributed by atoms with Gasteiger partial charge in [0.05, 0.1) is 6.20 Å². The lowest BCUT2D eigenvalue weighted by Gasteiger charge is -2.03. The molecule has 0 spiro atoms. The minimum atomic E-state index is -0.710. The number of H-pyrrole nitrogens is 1. The van der Waals surface area contributed by atoms with Gasteiger partial charge in [0.25, 0.3) is 11.8 Å². The van der Waals surface area contributed by atoms with E-state index in [1.807, 2.05) is 0 Å². The Hall–Kier alpha value is -2.70. The van der Waals surface area contributed by atoms with Gasteiger partial charge in [-0.1, -0.05) is 0 Å². The molecule has 1 aromatic carbocycles. The Balaban J connectivity index is 2.19. The molecule has 0 unspecified atom stereocenters. The smallest absolute Gasteiger partial charge is 0.256 e. The van der Waals surface area contributed by atoms with Crippen molar-refractivity contribution in [2.45, 2.75) is 0 Å². The van der Waals surface area contributed by atoms with Crippen LogP contribution in [0.4, 0.5) is 10.2 Å². The highest BCUT2D eigenvalue weighted by atomic mass is 19.1. The topological polar surface area (TPSA) is 101 Å². The first-order valence-electron chi connectivity index (χ1n) is 4.98. The van der Waals surface area contributed by atoms with Gasteiger partial charge in [0.15, 0.2) is 0 Å². The van der Waals surface area contributed by atoms with Crippen molar-refractivity contribution in [3.63, 3.8) is 0 Å². The number of hydrogen-bond donors (Lipinski definition) is 3. The lowest BCUT2D eigenvalue weighted by molar-refractivity contribution is 0.100. The lowest BCUT2D eigenvalue weighted by atomic mass is 10.2. The lowest BCUT2D eigenvalue weighted by Crippen LogP contribution is -2.17. The number of carbonyl (C=O) groups is 2. The molecule has 6 nitrogen and oxygen atoms in total. The number of nitrogens with one attached hydrogen (secondary N) is 2. The third kappa shape index (κ3) is 2.34. The average molecular weight is 248 g/mol. The van der Waals surface area contributed by atoms with E-state index in [4.69, 9.17) is 5.73 Å². The zero-order valence-corrected chi connectivity index (χ0v) is 9.11. The predicted molar refractivity (Wildman–Crippen MR) is 61.5 cm³/mol. The fourth-order valence-corrected chi connectivity index (χ4v) is 1.36. The second-order valence-corrected chi connectivity index (χ2v) is 3.48. The quantitative estimate of drug-likeness (QED) is 0.752.